The van der Waals surface area contributed by atoms with E-state index in [9.17, 15) is 18.0 Å². The monoisotopic (exact) mass is 430 g/mol. The molecule has 1 amide bonds. The number of aryl methyl sites for hydroxylation is 1. The molecular weight excluding hydrogens is 405 g/mol. The summed E-state index contributed by atoms with van der Waals surface area (Å²) in [4.78, 5) is 19.2. The van der Waals surface area contributed by atoms with Crippen molar-refractivity contribution in [2.24, 2.45) is 0 Å². The zero-order valence-electron chi connectivity index (χ0n) is 17.6. The van der Waals surface area contributed by atoms with Crippen LogP contribution in [0.2, 0.25) is 0 Å². The van der Waals surface area contributed by atoms with Gasteiger partial charge in [0.05, 0.1) is 11.6 Å². The highest BCUT2D eigenvalue weighted by Gasteiger charge is 2.36. The molecule has 0 spiro atoms. The van der Waals surface area contributed by atoms with Gasteiger partial charge in [-0.1, -0.05) is 37.3 Å². The highest BCUT2D eigenvalue weighted by Crippen LogP contribution is 2.33. The number of hydrogen-bond donors (Lipinski definition) is 0. The minimum atomic E-state index is -4.52. The topological polar surface area (TPSA) is 50.5 Å². The highest BCUT2D eigenvalue weighted by molar-refractivity contribution is 5.83. The van der Waals surface area contributed by atoms with E-state index in [0.29, 0.717) is 30.9 Å². The third-order valence-electron chi connectivity index (χ3n) is 5.97. The molecule has 0 N–H and O–H groups in total. The van der Waals surface area contributed by atoms with Crippen LogP contribution in [0.15, 0.2) is 42.5 Å². The summed E-state index contributed by atoms with van der Waals surface area (Å²) in [6.07, 6.45) is -2.56. The lowest BCUT2D eigenvalue weighted by molar-refractivity contribution is -0.142. The van der Waals surface area contributed by atoms with Crippen LogP contribution in [0, 0.1) is 0 Å². The van der Waals surface area contributed by atoms with E-state index in [1.54, 1.807) is 13.0 Å². The van der Waals surface area contributed by atoms with Gasteiger partial charge in [-0.25, -0.2) is 9.50 Å². The first-order valence-electron chi connectivity index (χ1n) is 10.6. The smallest absolute Gasteiger partial charge is 0.342 e. The van der Waals surface area contributed by atoms with Gasteiger partial charge in [-0.2, -0.15) is 18.3 Å². The maximum Gasteiger partial charge on any atom is 0.433 e. The Bertz CT molecular complexity index is 1080. The molecule has 164 valence electrons. The molecule has 4 rings (SSSR count). The number of halogens is 3. The second kappa shape index (κ2) is 8.32. The third-order valence-corrected chi connectivity index (χ3v) is 5.97. The average Bonchev–Trinajstić information content (AvgIpc) is 3.21. The van der Waals surface area contributed by atoms with Crippen molar-refractivity contribution in [1.82, 2.24) is 19.5 Å². The SMILES string of the molecule is CCc1cc(C(F)(F)F)n2nc(C3CCCN(C(=O)C(C)c4ccccc4)C3)cc2n1. The molecule has 0 bridgehead atoms. The minimum absolute atomic E-state index is 0.0297. The molecule has 2 unspecified atom stereocenters. The number of piperidine rings is 1. The lowest BCUT2D eigenvalue weighted by Crippen LogP contribution is -2.41. The molecule has 0 aliphatic carbocycles. The number of benzene rings is 1. The van der Waals surface area contributed by atoms with E-state index in [-0.39, 0.29) is 23.4 Å². The fourth-order valence-corrected chi connectivity index (χ4v) is 4.20. The summed E-state index contributed by atoms with van der Waals surface area (Å²) in [5.74, 6) is -0.359. The van der Waals surface area contributed by atoms with Crippen molar-refractivity contribution in [2.45, 2.75) is 51.1 Å². The number of fused-ring (bicyclic) bond motifs is 1. The van der Waals surface area contributed by atoms with Crippen molar-refractivity contribution in [3.8, 4) is 0 Å². The van der Waals surface area contributed by atoms with Crippen LogP contribution in [0.1, 0.15) is 61.2 Å². The molecule has 3 aromatic rings. The Kier molecular flexibility index (Phi) is 5.73. The molecule has 1 fully saturated rings. The van der Waals surface area contributed by atoms with E-state index in [2.05, 4.69) is 10.1 Å². The first-order chi connectivity index (χ1) is 14.8. The van der Waals surface area contributed by atoms with Crippen molar-refractivity contribution in [3.63, 3.8) is 0 Å². The van der Waals surface area contributed by atoms with Gasteiger partial charge in [0.1, 0.15) is 5.69 Å². The van der Waals surface area contributed by atoms with Crippen molar-refractivity contribution < 1.29 is 18.0 Å². The summed E-state index contributed by atoms with van der Waals surface area (Å²) in [6.45, 7) is 4.75. The maximum atomic E-state index is 13.6. The van der Waals surface area contributed by atoms with E-state index >= 15 is 0 Å². The fourth-order valence-electron chi connectivity index (χ4n) is 4.20. The normalized spacial score (nSPS) is 18.4. The first kappa shape index (κ1) is 21.3. The molecule has 0 saturated carbocycles. The van der Waals surface area contributed by atoms with E-state index in [1.165, 1.54) is 0 Å². The minimum Gasteiger partial charge on any atom is -0.342 e. The summed E-state index contributed by atoms with van der Waals surface area (Å²) >= 11 is 0. The summed E-state index contributed by atoms with van der Waals surface area (Å²) in [5, 5.41) is 4.27. The Morgan fingerprint density at radius 3 is 2.65 bits per heavy atom. The summed E-state index contributed by atoms with van der Waals surface area (Å²) in [6, 6.07) is 12.3. The Balaban J connectivity index is 1.60. The van der Waals surface area contributed by atoms with Crippen LogP contribution in [0.4, 0.5) is 13.2 Å². The van der Waals surface area contributed by atoms with Gasteiger partial charge in [0.25, 0.3) is 0 Å². The summed E-state index contributed by atoms with van der Waals surface area (Å²) in [7, 11) is 0. The van der Waals surface area contributed by atoms with Gasteiger partial charge in [0.2, 0.25) is 5.91 Å². The predicted molar refractivity (Wildman–Crippen MR) is 111 cm³/mol. The molecular formula is C23H25F3N4O. The first-order valence-corrected chi connectivity index (χ1v) is 10.6. The fraction of sp³-hybridized carbons (Fsp3) is 0.435. The van der Waals surface area contributed by atoms with Crippen molar-refractivity contribution in [3.05, 3.63) is 65.1 Å². The summed E-state index contributed by atoms with van der Waals surface area (Å²) < 4.78 is 41.6. The summed E-state index contributed by atoms with van der Waals surface area (Å²) in [5.41, 5.74) is 1.26. The van der Waals surface area contributed by atoms with Crippen LogP contribution in [-0.2, 0) is 17.4 Å². The standard InChI is InChI=1S/C23H25F3N4O/c1-3-18-12-20(23(24,25)26)30-21(27-18)13-19(28-30)17-10-7-11-29(14-17)22(31)15(2)16-8-5-4-6-9-16/h4-6,8-9,12-13,15,17H,3,7,10-11,14H2,1-2H3. The van der Waals surface area contributed by atoms with Gasteiger partial charge in [-0.05, 0) is 37.8 Å². The number of hydrogen-bond acceptors (Lipinski definition) is 3. The van der Waals surface area contributed by atoms with Crippen LogP contribution in [-0.4, -0.2) is 38.5 Å². The zero-order chi connectivity index (χ0) is 22.2. The average molecular weight is 430 g/mol. The van der Waals surface area contributed by atoms with Gasteiger partial charge in [-0.15, -0.1) is 0 Å². The van der Waals surface area contributed by atoms with Crippen LogP contribution in [0.25, 0.3) is 5.65 Å². The maximum absolute atomic E-state index is 13.6. The lowest BCUT2D eigenvalue weighted by atomic mass is 9.92. The van der Waals surface area contributed by atoms with E-state index in [4.69, 9.17) is 0 Å². The van der Waals surface area contributed by atoms with E-state index < -0.39 is 11.9 Å². The third kappa shape index (κ3) is 4.29. The van der Waals surface area contributed by atoms with E-state index in [1.807, 2.05) is 42.2 Å². The van der Waals surface area contributed by atoms with Gasteiger partial charge < -0.3 is 4.90 Å². The van der Waals surface area contributed by atoms with Crippen LogP contribution in [0.3, 0.4) is 0 Å². The van der Waals surface area contributed by atoms with Crippen molar-refractivity contribution in [1.29, 1.82) is 0 Å². The van der Waals surface area contributed by atoms with Gasteiger partial charge in [-0.3, -0.25) is 4.79 Å². The second-order valence-electron chi connectivity index (χ2n) is 8.08. The Hall–Kier alpha value is -2.90. The number of aromatic nitrogens is 3. The van der Waals surface area contributed by atoms with Crippen LogP contribution >= 0.6 is 0 Å². The molecule has 8 heteroatoms. The Morgan fingerprint density at radius 1 is 1.23 bits per heavy atom. The molecule has 1 aliphatic rings. The largest absolute Gasteiger partial charge is 0.433 e. The van der Waals surface area contributed by atoms with Crippen LogP contribution < -0.4 is 0 Å². The molecule has 2 aromatic heterocycles. The Labute approximate surface area is 178 Å². The number of carbonyl (C=O) groups excluding carboxylic acids is 1. The predicted octanol–water partition coefficient (Wildman–Crippen LogP) is 4.82. The molecule has 5 nitrogen and oxygen atoms in total. The highest BCUT2D eigenvalue weighted by atomic mass is 19.4. The zero-order valence-corrected chi connectivity index (χ0v) is 17.6. The number of rotatable bonds is 4. The Morgan fingerprint density at radius 2 is 1.97 bits per heavy atom. The quantitative estimate of drug-likeness (QED) is 0.596. The molecule has 0 radical (unpaired) electrons. The van der Waals surface area contributed by atoms with Gasteiger partial charge in [0.15, 0.2) is 5.65 Å². The number of amides is 1. The van der Waals surface area contributed by atoms with Crippen LogP contribution in [0.5, 0.6) is 0 Å². The molecule has 31 heavy (non-hydrogen) atoms. The van der Waals surface area contributed by atoms with E-state index in [0.717, 1.165) is 29.0 Å². The van der Waals surface area contributed by atoms with Crippen molar-refractivity contribution >= 4 is 11.6 Å². The number of likely N-dealkylation sites (tertiary alicyclic amines) is 1. The second-order valence-corrected chi connectivity index (χ2v) is 8.08. The molecule has 1 aliphatic heterocycles. The number of nitrogens with zero attached hydrogens (tertiary/aromatic N) is 4. The molecule has 3 heterocycles. The lowest BCUT2D eigenvalue weighted by Gasteiger charge is -2.33. The van der Waals surface area contributed by atoms with Gasteiger partial charge >= 0.3 is 6.18 Å². The number of alkyl halides is 3. The van der Waals surface area contributed by atoms with Crippen molar-refractivity contribution in [2.75, 3.05) is 13.1 Å². The molecule has 2 atom stereocenters. The number of carbonyl (C=O) groups is 1. The molecule has 1 saturated heterocycles. The van der Waals surface area contributed by atoms with Gasteiger partial charge in [0, 0.05) is 30.8 Å². The molecule has 1 aromatic carbocycles.